The van der Waals surface area contributed by atoms with Gasteiger partial charge in [-0.3, -0.25) is 0 Å². The highest BCUT2D eigenvalue weighted by Gasteiger charge is 2.29. The molecule has 0 saturated heterocycles. The summed E-state index contributed by atoms with van der Waals surface area (Å²) in [6.45, 7) is 2.41. The summed E-state index contributed by atoms with van der Waals surface area (Å²) in [5, 5.41) is 12.1. The quantitative estimate of drug-likeness (QED) is 0.185. The molecule has 0 bridgehead atoms. The van der Waals surface area contributed by atoms with Gasteiger partial charge in [0.1, 0.15) is 12.6 Å². The molecule has 0 heterocycles. The fraction of sp³-hybridized carbons (Fsp3) is 0.484. The molecule has 0 radical (unpaired) electrons. The monoisotopic (exact) mass is 491 g/mol. The highest BCUT2D eigenvalue weighted by molar-refractivity contribution is 5.81. The molecule has 194 valence electrons. The smallest absolute Gasteiger partial charge is 0.407 e. The topological polar surface area (TPSA) is 75.6 Å². The van der Waals surface area contributed by atoms with Crippen LogP contribution in [0.1, 0.15) is 94.6 Å². The Kier molecular flexibility index (Phi) is 11.6. The molecule has 1 atom stereocenters. The van der Waals surface area contributed by atoms with E-state index in [4.69, 9.17) is 4.74 Å². The predicted molar refractivity (Wildman–Crippen MR) is 145 cm³/mol. The van der Waals surface area contributed by atoms with E-state index in [9.17, 15) is 14.7 Å². The molecule has 2 aromatic rings. The number of rotatable bonds is 16. The fourth-order valence-corrected chi connectivity index (χ4v) is 4.93. The molecule has 2 aromatic carbocycles. The number of ether oxygens (including phenoxy) is 1. The third-order valence-electron chi connectivity index (χ3n) is 6.95. The average Bonchev–Trinajstić information content (AvgIpc) is 3.21. The molecule has 0 aromatic heterocycles. The number of carboxylic acid groups (broad SMARTS) is 1. The van der Waals surface area contributed by atoms with Crippen LogP contribution in [-0.2, 0) is 9.53 Å². The van der Waals surface area contributed by atoms with Gasteiger partial charge >= 0.3 is 12.1 Å². The van der Waals surface area contributed by atoms with Crippen LogP contribution in [0.25, 0.3) is 11.1 Å². The number of aliphatic carboxylic acids is 1. The van der Waals surface area contributed by atoms with E-state index in [1.165, 1.54) is 51.4 Å². The van der Waals surface area contributed by atoms with Gasteiger partial charge in [0.25, 0.3) is 0 Å². The van der Waals surface area contributed by atoms with E-state index in [0.29, 0.717) is 12.8 Å². The van der Waals surface area contributed by atoms with Gasteiger partial charge in [0.2, 0.25) is 0 Å². The Morgan fingerprint density at radius 3 is 2.03 bits per heavy atom. The van der Waals surface area contributed by atoms with Crippen molar-refractivity contribution in [3.05, 3.63) is 71.8 Å². The molecule has 0 fully saturated rings. The highest BCUT2D eigenvalue weighted by Crippen LogP contribution is 2.44. The Balaban J connectivity index is 1.36. The van der Waals surface area contributed by atoms with Crippen molar-refractivity contribution in [1.29, 1.82) is 0 Å². The number of fused-ring (bicyclic) bond motifs is 3. The molecule has 3 rings (SSSR count). The minimum absolute atomic E-state index is 0.0503. The van der Waals surface area contributed by atoms with Gasteiger partial charge in [-0.15, -0.1) is 0 Å². The van der Waals surface area contributed by atoms with Gasteiger partial charge in [0.05, 0.1) is 0 Å². The largest absolute Gasteiger partial charge is 0.480 e. The predicted octanol–water partition coefficient (Wildman–Crippen LogP) is 7.85. The number of unbranched alkanes of at least 4 members (excludes halogenated alkanes) is 8. The van der Waals surface area contributed by atoms with Crippen LogP contribution in [0.3, 0.4) is 0 Å². The molecule has 1 unspecified atom stereocenters. The van der Waals surface area contributed by atoms with Crippen molar-refractivity contribution in [1.82, 2.24) is 5.32 Å². The summed E-state index contributed by atoms with van der Waals surface area (Å²) >= 11 is 0. The Morgan fingerprint density at radius 2 is 1.42 bits per heavy atom. The molecule has 1 aliphatic rings. The first-order valence-corrected chi connectivity index (χ1v) is 13.6. The Labute approximate surface area is 216 Å². The maximum Gasteiger partial charge on any atom is 0.407 e. The van der Waals surface area contributed by atoms with Gasteiger partial charge in [-0.2, -0.15) is 0 Å². The maximum absolute atomic E-state index is 12.4. The summed E-state index contributed by atoms with van der Waals surface area (Å²) in [6, 6.07) is 15.3. The molecule has 1 amide bonds. The first kappa shape index (κ1) is 27.5. The number of hydrogen-bond donors (Lipinski definition) is 2. The van der Waals surface area contributed by atoms with Crippen molar-refractivity contribution in [2.45, 2.75) is 89.5 Å². The lowest BCUT2D eigenvalue weighted by Gasteiger charge is -2.17. The molecule has 5 nitrogen and oxygen atoms in total. The van der Waals surface area contributed by atoms with Crippen molar-refractivity contribution in [2.75, 3.05) is 6.61 Å². The van der Waals surface area contributed by atoms with Crippen LogP contribution in [0, 0.1) is 0 Å². The lowest BCUT2D eigenvalue weighted by molar-refractivity contribution is -0.139. The van der Waals surface area contributed by atoms with E-state index in [-0.39, 0.29) is 12.5 Å². The van der Waals surface area contributed by atoms with Gasteiger partial charge in [0, 0.05) is 5.92 Å². The molecular formula is C31H41NO4. The lowest BCUT2D eigenvalue weighted by Crippen LogP contribution is -2.41. The number of hydrogen-bond acceptors (Lipinski definition) is 3. The van der Waals surface area contributed by atoms with Gasteiger partial charge < -0.3 is 15.2 Å². The van der Waals surface area contributed by atoms with E-state index in [1.54, 1.807) is 0 Å². The summed E-state index contributed by atoms with van der Waals surface area (Å²) in [6.07, 6.45) is 15.8. The Morgan fingerprint density at radius 1 is 0.861 bits per heavy atom. The summed E-state index contributed by atoms with van der Waals surface area (Å²) in [4.78, 5) is 24.1. The van der Waals surface area contributed by atoms with Crippen molar-refractivity contribution in [3.63, 3.8) is 0 Å². The molecule has 36 heavy (non-hydrogen) atoms. The van der Waals surface area contributed by atoms with Crippen LogP contribution in [0.15, 0.2) is 60.7 Å². The van der Waals surface area contributed by atoms with Crippen molar-refractivity contribution in [3.8, 4) is 11.1 Å². The normalized spacial score (nSPS) is 13.4. The molecule has 0 aliphatic heterocycles. The zero-order valence-corrected chi connectivity index (χ0v) is 21.6. The van der Waals surface area contributed by atoms with Crippen LogP contribution in [0.2, 0.25) is 0 Å². The molecule has 0 saturated carbocycles. The van der Waals surface area contributed by atoms with Crippen LogP contribution in [0.4, 0.5) is 4.79 Å². The number of amides is 1. The number of carbonyl (C=O) groups is 2. The van der Waals surface area contributed by atoms with Crippen LogP contribution in [0.5, 0.6) is 0 Å². The molecular weight excluding hydrogens is 450 g/mol. The highest BCUT2D eigenvalue weighted by atomic mass is 16.5. The summed E-state index contributed by atoms with van der Waals surface area (Å²) in [5.74, 6) is -1.09. The Bertz CT molecular complexity index is 954. The maximum atomic E-state index is 12.4. The van der Waals surface area contributed by atoms with E-state index in [2.05, 4.69) is 42.6 Å². The van der Waals surface area contributed by atoms with Crippen molar-refractivity contribution < 1.29 is 19.4 Å². The van der Waals surface area contributed by atoms with E-state index in [0.717, 1.165) is 28.7 Å². The SMILES string of the molecule is CCCCCCCCCC/C=C/CCC(NC(=O)OCC1c2ccccc2-c2ccccc21)C(=O)O. The molecule has 2 N–H and O–H groups in total. The number of carbonyl (C=O) groups excluding carboxylic acids is 1. The number of alkyl carbamates (subject to hydrolysis) is 1. The summed E-state index contributed by atoms with van der Waals surface area (Å²) < 4.78 is 5.50. The van der Waals surface area contributed by atoms with Crippen LogP contribution in [-0.4, -0.2) is 29.8 Å². The number of benzene rings is 2. The van der Waals surface area contributed by atoms with Crippen molar-refractivity contribution >= 4 is 12.1 Å². The lowest BCUT2D eigenvalue weighted by atomic mass is 9.98. The average molecular weight is 492 g/mol. The Hall–Kier alpha value is -3.08. The molecule has 0 spiro atoms. The third kappa shape index (κ3) is 8.25. The fourth-order valence-electron chi connectivity index (χ4n) is 4.93. The van der Waals surface area contributed by atoms with Gasteiger partial charge in [0.15, 0.2) is 0 Å². The van der Waals surface area contributed by atoms with Gasteiger partial charge in [-0.1, -0.05) is 113 Å². The summed E-state index contributed by atoms with van der Waals surface area (Å²) in [5.41, 5.74) is 4.57. The van der Waals surface area contributed by atoms with E-state index in [1.807, 2.05) is 30.3 Å². The first-order valence-electron chi connectivity index (χ1n) is 13.6. The van der Waals surface area contributed by atoms with Crippen LogP contribution < -0.4 is 5.32 Å². The molecule has 1 aliphatic carbocycles. The first-order chi connectivity index (χ1) is 17.6. The number of carboxylic acids is 1. The summed E-state index contributed by atoms with van der Waals surface area (Å²) in [7, 11) is 0. The minimum Gasteiger partial charge on any atom is -0.480 e. The van der Waals surface area contributed by atoms with Gasteiger partial charge in [-0.05, 0) is 47.9 Å². The number of nitrogens with one attached hydrogen (secondary N) is 1. The van der Waals surface area contributed by atoms with Crippen molar-refractivity contribution in [2.24, 2.45) is 0 Å². The minimum atomic E-state index is -1.04. The second-order valence-electron chi connectivity index (χ2n) is 9.67. The van der Waals surface area contributed by atoms with Crippen LogP contribution >= 0.6 is 0 Å². The van der Waals surface area contributed by atoms with Gasteiger partial charge in [-0.25, -0.2) is 9.59 Å². The zero-order valence-electron chi connectivity index (χ0n) is 21.6. The number of allylic oxidation sites excluding steroid dienone is 2. The standard InChI is InChI=1S/C31H41NO4/c1-2-3-4-5-6-7-8-9-10-11-12-13-22-29(30(33)34)32-31(35)36-23-28-26-20-16-14-18-24(26)25-19-15-17-21-27(25)28/h11-12,14-21,28-29H,2-10,13,22-23H2,1H3,(H,32,35)(H,33,34)/b12-11+. The van der Waals surface area contributed by atoms with E-state index >= 15 is 0 Å². The molecule has 5 heteroatoms. The second kappa shape index (κ2) is 15.1. The zero-order chi connectivity index (χ0) is 25.6. The third-order valence-corrected chi connectivity index (χ3v) is 6.95. The van der Waals surface area contributed by atoms with E-state index < -0.39 is 18.1 Å². The second-order valence-corrected chi connectivity index (χ2v) is 9.67.